The number of carbonyl (C=O) groups excluding carboxylic acids is 1. The number of hydrogen-bond donors (Lipinski definition) is 2. The van der Waals surface area contributed by atoms with Gasteiger partial charge < -0.3 is 10.6 Å². The van der Waals surface area contributed by atoms with Crippen LogP contribution in [0.4, 0.5) is 9.18 Å². The molecule has 6 heteroatoms. The quantitative estimate of drug-likeness (QED) is 0.797. The molecule has 1 aliphatic heterocycles. The number of urea groups is 1. The van der Waals surface area contributed by atoms with Crippen LogP contribution in [0.1, 0.15) is 30.0 Å². The largest absolute Gasteiger partial charge is 0.336 e. The van der Waals surface area contributed by atoms with Gasteiger partial charge in [0.1, 0.15) is 5.82 Å². The van der Waals surface area contributed by atoms with Gasteiger partial charge in [0.2, 0.25) is 0 Å². The second kappa shape index (κ2) is 9.01. The Labute approximate surface area is 158 Å². The van der Waals surface area contributed by atoms with E-state index in [1.807, 2.05) is 18.2 Å². The zero-order chi connectivity index (χ0) is 18.4. The summed E-state index contributed by atoms with van der Waals surface area (Å²) in [6.07, 6.45) is 2.30. The van der Waals surface area contributed by atoms with Crippen molar-refractivity contribution >= 4 is 17.6 Å². The summed E-state index contributed by atoms with van der Waals surface area (Å²) in [7, 11) is 0. The van der Waals surface area contributed by atoms with Gasteiger partial charge in [0.05, 0.1) is 6.04 Å². The molecule has 1 atom stereocenters. The van der Waals surface area contributed by atoms with E-state index in [4.69, 9.17) is 11.6 Å². The van der Waals surface area contributed by atoms with Crippen LogP contribution in [0.2, 0.25) is 5.02 Å². The van der Waals surface area contributed by atoms with E-state index >= 15 is 0 Å². The molecule has 1 fully saturated rings. The van der Waals surface area contributed by atoms with E-state index in [1.54, 1.807) is 18.2 Å². The lowest BCUT2D eigenvalue weighted by atomic mass is 10.1. The number of halogens is 2. The minimum Gasteiger partial charge on any atom is -0.336 e. The van der Waals surface area contributed by atoms with Crippen molar-refractivity contribution in [3.05, 3.63) is 70.5 Å². The highest BCUT2D eigenvalue weighted by Gasteiger charge is 2.23. The third kappa shape index (κ3) is 5.19. The maximum atomic E-state index is 13.2. The van der Waals surface area contributed by atoms with Crippen molar-refractivity contribution in [2.75, 3.05) is 19.6 Å². The summed E-state index contributed by atoms with van der Waals surface area (Å²) >= 11 is 5.95. The molecule has 0 aromatic heterocycles. The number of nitrogens with one attached hydrogen (secondary N) is 2. The van der Waals surface area contributed by atoms with Gasteiger partial charge in [-0.05, 0) is 61.3 Å². The van der Waals surface area contributed by atoms with Crippen molar-refractivity contribution in [2.45, 2.75) is 25.4 Å². The second-order valence-electron chi connectivity index (χ2n) is 6.50. The number of carbonyl (C=O) groups is 1. The summed E-state index contributed by atoms with van der Waals surface area (Å²) in [4.78, 5) is 14.5. The summed E-state index contributed by atoms with van der Waals surface area (Å²) in [6, 6.07) is 13.8. The van der Waals surface area contributed by atoms with Crippen molar-refractivity contribution in [3.8, 4) is 0 Å². The van der Waals surface area contributed by atoms with Crippen LogP contribution in [0.15, 0.2) is 48.5 Å². The molecule has 0 saturated carbocycles. The zero-order valence-corrected chi connectivity index (χ0v) is 15.3. The third-order valence-electron chi connectivity index (χ3n) is 4.63. The van der Waals surface area contributed by atoms with Crippen LogP contribution in [0.5, 0.6) is 0 Å². The van der Waals surface area contributed by atoms with E-state index in [9.17, 15) is 9.18 Å². The first kappa shape index (κ1) is 18.7. The van der Waals surface area contributed by atoms with E-state index in [1.165, 1.54) is 12.1 Å². The Balaban J connectivity index is 1.56. The molecule has 0 aliphatic carbocycles. The van der Waals surface area contributed by atoms with Gasteiger partial charge in [0, 0.05) is 18.1 Å². The average Bonchev–Trinajstić information content (AvgIpc) is 3.16. The Morgan fingerprint density at radius 3 is 2.54 bits per heavy atom. The van der Waals surface area contributed by atoms with Crippen molar-refractivity contribution in [3.63, 3.8) is 0 Å². The highest BCUT2D eigenvalue weighted by molar-refractivity contribution is 6.30. The molecule has 1 aliphatic rings. The van der Waals surface area contributed by atoms with E-state index in [0.29, 0.717) is 18.1 Å². The maximum absolute atomic E-state index is 13.2. The van der Waals surface area contributed by atoms with E-state index < -0.39 is 0 Å². The minimum atomic E-state index is -0.249. The lowest BCUT2D eigenvalue weighted by Gasteiger charge is -2.28. The third-order valence-corrected chi connectivity index (χ3v) is 4.87. The topological polar surface area (TPSA) is 44.4 Å². The monoisotopic (exact) mass is 375 g/mol. The number of likely N-dealkylation sites (tertiary alicyclic amines) is 1. The predicted molar refractivity (Wildman–Crippen MR) is 102 cm³/mol. The molecule has 26 heavy (non-hydrogen) atoms. The van der Waals surface area contributed by atoms with Crippen LogP contribution in [-0.2, 0) is 6.54 Å². The first-order valence-corrected chi connectivity index (χ1v) is 9.25. The van der Waals surface area contributed by atoms with Gasteiger partial charge in [-0.15, -0.1) is 0 Å². The van der Waals surface area contributed by atoms with Crippen molar-refractivity contribution in [2.24, 2.45) is 0 Å². The zero-order valence-electron chi connectivity index (χ0n) is 14.6. The molecule has 1 unspecified atom stereocenters. The molecule has 1 saturated heterocycles. The SMILES string of the molecule is O=C(NCc1cccc(Cl)c1)NCC(c1ccc(F)cc1)N1CCCC1. The van der Waals surface area contributed by atoms with Gasteiger partial charge >= 0.3 is 6.03 Å². The Bertz CT molecular complexity index is 732. The van der Waals surface area contributed by atoms with Gasteiger partial charge in [-0.1, -0.05) is 35.9 Å². The molecule has 2 aromatic rings. The number of amides is 2. The molecule has 1 heterocycles. The van der Waals surface area contributed by atoms with Crippen molar-refractivity contribution in [1.82, 2.24) is 15.5 Å². The summed E-state index contributed by atoms with van der Waals surface area (Å²) in [6.45, 7) is 2.88. The van der Waals surface area contributed by atoms with Crippen LogP contribution < -0.4 is 10.6 Å². The number of hydrogen-bond acceptors (Lipinski definition) is 2. The molecule has 138 valence electrons. The van der Waals surface area contributed by atoms with Crippen LogP contribution in [0.3, 0.4) is 0 Å². The Morgan fingerprint density at radius 2 is 1.85 bits per heavy atom. The fourth-order valence-electron chi connectivity index (χ4n) is 3.28. The Morgan fingerprint density at radius 1 is 1.12 bits per heavy atom. The smallest absolute Gasteiger partial charge is 0.315 e. The van der Waals surface area contributed by atoms with Gasteiger partial charge in [0.15, 0.2) is 0 Å². The minimum absolute atomic E-state index is 0.0509. The molecular weight excluding hydrogens is 353 g/mol. The fraction of sp³-hybridized carbons (Fsp3) is 0.350. The molecule has 4 nitrogen and oxygen atoms in total. The molecular formula is C20H23ClFN3O. The van der Waals surface area contributed by atoms with E-state index in [-0.39, 0.29) is 17.9 Å². The highest BCUT2D eigenvalue weighted by Crippen LogP contribution is 2.24. The van der Waals surface area contributed by atoms with Crippen LogP contribution in [0, 0.1) is 5.82 Å². The first-order valence-electron chi connectivity index (χ1n) is 8.87. The summed E-state index contributed by atoms with van der Waals surface area (Å²) in [5, 5.41) is 6.43. The molecule has 0 bridgehead atoms. The number of nitrogens with zero attached hydrogens (tertiary/aromatic N) is 1. The van der Waals surface area contributed by atoms with Crippen LogP contribution >= 0.6 is 11.6 Å². The van der Waals surface area contributed by atoms with Gasteiger partial charge in [-0.25, -0.2) is 9.18 Å². The molecule has 2 aromatic carbocycles. The van der Waals surface area contributed by atoms with Gasteiger partial charge in [-0.2, -0.15) is 0 Å². The standard InChI is InChI=1S/C20H23ClFN3O/c21-17-5-3-4-15(12-17)13-23-20(26)24-14-19(25-10-1-2-11-25)16-6-8-18(22)9-7-16/h3-9,12,19H,1-2,10-11,13-14H2,(H2,23,24,26). The lowest BCUT2D eigenvalue weighted by molar-refractivity contribution is 0.220. The van der Waals surface area contributed by atoms with E-state index in [0.717, 1.165) is 37.1 Å². The summed E-state index contributed by atoms with van der Waals surface area (Å²) < 4.78 is 13.2. The fourth-order valence-corrected chi connectivity index (χ4v) is 3.49. The average molecular weight is 376 g/mol. The highest BCUT2D eigenvalue weighted by atomic mass is 35.5. The maximum Gasteiger partial charge on any atom is 0.315 e. The van der Waals surface area contributed by atoms with Crippen molar-refractivity contribution in [1.29, 1.82) is 0 Å². The molecule has 3 rings (SSSR count). The predicted octanol–water partition coefficient (Wildman–Crippen LogP) is 4.12. The second-order valence-corrected chi connectivity index (χ2v) is 6.94. The molecule has 0 spiro atoms. The normalized spacial score (nSPS) is 15.6. The number of benzene rings is 2. The van der Waals surface area contributed by atoms with E-state index in [2.05, 4.69) is 15.5 Å². The first-order chi connectivity index (χ1) is 12.6. The molecule has 2 N–H and O–H groups in total. The van der Waals surface area contributed by atoms with Gasteiger partial charge in [-0.3, -0.25) is 4.90 Å². The molecule has 2 amide bonds. The summed E-state index contributed by atoms with van der Waals surface area (Å²) in [5.41, 5.74) is 1.96. The Hall–Kier alpha value is -2.11. The molecule has 0 radical (unpaired) electrons. The Kier molecular flexibility index (Phi) is 6.47. The van der Waals surface area contributed by atoms with Crippen molar-refractivity contribution < 1.29 is 9.18 Å². The number of rotatable bonds is 6. The van der Waals surface area contributed by atoms with Crippen LogP contribution in [-0.4, -0.2) is 30.6 Å². The van der Waals surface area contributed by atoms with Gasteiger partial charge in [0.25, 0.3) is 0 Å². The summed E-state index contributed by atoms with van der Waals surface area (Å²) in [5.74, 6) is -0.249. The lowest BCUT2D eigenvalue weighted by Crippen LogP contribution is -2.41. The van der Waals surface area contributed by atoms with Crippen LogP contribution in [0.25, 0.3) is 0 Å².